The summed E-state index contributed by atoms with van der Waals surface area (Å²) in [5.74, 6) is -0.127. The summed E-state index contributed by atoms with van der Waals surface area (Å²) in [5, 5.41) is 9.41. The minimum atomic E-state index is -0.127. The summed E-state index contributed by atoms with van der Waals surface area (Å²) in [6, 6.07) is 7.92. The van der Waals surface area contributed by atoms with E-state index < -0.39 is 0 Å². The topological polar surface area (TPSA) is 23.8 Å². The minimum Gasteiger partial charge on any atom is -0.198 e. The highest BCUT2D eigenvalue weighted by atomic mass is 35.5. The lowest BCUT2D eigenvalue weighted by molar-refractivity contribution is 0.979. The SMILES string of the molecule is Cc1cccc(C(C)C#N)c1Cl. The van der Waals surface area contributed by atoms with Crippen LogP contribution < -0.4 is 0 Å². The van der Waals surface area contributed by atoms with Crippen LogP contribution in [0.4, 0.5) is 0 Å². The number of rotatable bonds is 1. The minimum absolute atomic E-state index is 0.127. The van der Waals surface area contributed by atoms with E-state index in [-0.39, 0.29) is 5.92 Å². The van der Waals surface area contributed by atoms with Gasteiger partial charge in [-0.25, -0.2) is 0 Å². The highest BCUT2D eigenvalue weighted by Gasteiger charge is 2.08. The molecule has 0 saturated heterocycles. The van der Waals surface area contributed by atoms with E-state index in [4.69, 9.17) is 16.9 Å². The van der Waals surface area contributed by atoms with Gasteiger partial charge in [-0.15, -0.1) is 0 Å². The summed E-state index contributed by atoms with van der Waals surface area (Å²) in [4.78, 5) is 0. The fourth-order valence-electron chi connectivity index (χ4n) is 1.07. The molecule has 0 heterocycles. The third-order valence-electron chi connectivity index (χ3n) is 1.88. The van der Waals surface area contributed by atoms with Gasteiger partial charge in [0.2, 0.25) is 0 Å². The summed E-state index contributed by atoms with van der Waals surface area (Å²) in [7, 11) is 0. The molecule has 0 amide bonds. The highest BCUT2D eigenvalue weighted by Crippen LogP contribution is 2.26. The summed E-state index contributed by atoms with van der Waals surface area (Å²) >= 11 is 6.02. The molecular weight excluding hydrogens is 170 g/mol. The van der Waals surface area contributed by atoms with E-state index in [0.717, 1.165) is 11.1 Å². The van der Waals surface area contributed by atoms with Gasteiger partial charge in [0, 0.05) is 5.02 Å². The highest BCUT2D eigenvalue weighted by molar-refractivity contribution is 6.32. The first kappa shape index (κ1) is 9.09. The lowest BCUT2D eigenvalue weighted by Gasteiger charge is -2.07. The number of aryl methyl sites for hydroxylation is 1. The van der Waals surface area contributed by atoms with Gasteiger partial charge >= 0.3 is 0 Å². The van der Waals surface area contributed by atoms with Crippen LogP contribution in [-0.4, -0.2) is 0 Å². The fourth-order valence-corrected chi connectivity index (χ4v) is 1.36. The molecule has 1 unspecified atom stereocenters. The van der Waals surface area contributed by atoms with Gasteiger partial charge in [0.15, 0.2) is 0 Å². The summed E-state index contributed by atoms with van der Waals surface area (Å²) in [6.07, 6.45) is 0. The van der Waals surface area contributed by atoms with Crippen LogP contribution in [0.1, 0.15) is 24.0 Å². The van der Waals surface area contributed by atoms with E-state index >= 15 is 0 Å². The van der Waals surface area contributed by atoms with Gasteiger partial charge in [-0.2, -0.15) is 5.26 Å². The molecule has 0 aliphatic carbocycles. The van der Waals surface area contributed by atoms with Gasteiger partial charge in [-0.1, -0.05) is 29.8 Å². The Hall–Kier alpha value is -1.00. The molecule has 2 heteroatoms. The second-order valence-electron chi connectivity index (χ2n) is 2.83. The molecule has 0 spiro atoms. The largest absolute Gasteiger partial charge is 0.198 e. The zero-order valence-electron chi connectivity index (χ0n) is 7.13. The van der Waals surface area contributed by atoms with Gasteiger partial charge in [-0.05, 0) is 25.0 Å². The Balaban J connectivity index is 3.18. The van der Waals surface area contributed by atoms with Crippen LogP contribution in [-0.2, 0) is 0 Å². The van der Waals surface area contributed by atoms with E-state index in [1.54, 1.807) is 0 Å². The maximum absolute atomic E-state index is 8.69. The van der Waals surface area contributed by atoms with Crippen LogP contribution in [0.2, 0.25) is 5.02 Å². The molecule has 0 aliphatic heterocycles. The number of halogens is 1. The third kappa shape index (κ3) is 1.60. The molecule has 0 N–H and O–H groups in total. The van der Waals surface area contributed by atoms with Crippen molar-refractivity contribution in [2.24, 2.45) is 0 Å². The van der Waals surface area contributed by atoms with E-state index in [2.05, 4.69) is 6.07 Å². The Labute approximate surface area is 77.6 Å². The molecule has 1 aromatic rings. The molecule has 1 aromatic carbocycles. The fraction of sp³-hybridized carbons (Fsp3) is 0.300. The normalized spacial score (nSPS) is 12.2. The second kappa shape index (κ2) is 3.60. The molecule has 1 nitrogen and oxygen atoms in total. The van der Waals surface area contributed by atoms with Crippen LogP contribution in [0.25, 0.3) is 0 Å². The lowest BCUT2D eigenvalue weighted by Crippen LogP contribution is -1.91. The van der Waals surface area contributed by atoms with Crippen molar-refractivity contribution in [1.82, 2.24) is 0 Å². The Bertz CT molecular complexity index is 325. The molecule has 1 atom stereocenters. The molecular formula is C10H10ClN. The number of nitrogens with zero attached hydrogens (tertiary/aromatic N) is 1. The monoisotopic (exact) mass is 179 g/mol. The second-order valence-corrected chi connectivity index (χ2v) is 3.21. The summed E-state index contributed by atoms with van der Waals surface area (Å²) in [5.41, 5.74) is 1.94. The molecule has 62 valence electrons. The van der Waals surface area contributed by atoms with Crippen molar-refractivity contribution in [3.8, 4) is 6.07 Å². The van der Waals surface area contributed by atoms with Crippen molar-refractivity contribution in [2.75, 3.05) is 0 Å². The molecule has 0 radical (unpaired) electrons. The van der Waals surface area contributed by atoms with Crippen molar-refractivity contribution in [1.29, 1.82) is 5.26 Å². The zero-order valence-corrected chi connectivity index (χ0v) is 7.89. The molecule has 0 bridgehead atoms. The number of benzene rings is 1. The summed E-state index contributed by atoms with van der Waals surface area (Å²) in [6.45, 7) is 3.79. The van der Waals surface area contributed by atoms with Gasteiger partial charge in [0.25, 0.3) is 0 Å². The first-order chi connectivity index (χ1) is 5.66. The average molecular weight is 180 g/mol. The average Bonchev–Trinajstić information content (AvgIpc) is 2.08. The van der Waals surface area contributed by atoms with E-state index in [9.17, 15) is 0 Å². The quantitative estimate of drug-likeness (QED) is 0.649. The van der Waals surface area contributed by atoms with Crippen molar-refractivity contribution in [3.05, 3.63) is 34.3 Å². The molecule has 0 aliphatic rings. The van der Waals surface area contributed by atoms with Crippen molar-refractivity contribution in [3.63, 3.8) is 0 Å². The van der Waals surface area contributed by atoms with Crippen LogP contribution in [0.3, 0.4) is 0 Å². The van der Waals surface area contributed by atoms with Gasteiger partial charge in [0.1, 0.15) is 0 Å². The Morgan fingerprint density at radius 1 is 1.50 bits per heavy atom. The van der Waals surface area contributed by atoms with Crippen LogP contribution in [0.15, 0.2) is 18.2 Å². The van der Waals surface area contributed by atoms with Crippen molar-refractivity contribution in [2.45, 2.75) is 19.8 Å². The molecule has 1 rings (SSSR count). The van der Waals surface area contributed by atoms with Crippen molar-refractivity contribution < 1.29 is 0 Å². The summed E-state index contributed by atoms with van der Waals surface area (Å²) < 4.78 is 0. The number of hydrogen-bond donors (Lipinski definition) is 0. The Morgan fingerprint density at radius 2 is 2.17 bits per heavy atom. The van der Waals surface area contributed by atoms with Gasteiger partial charge in [-0.3, -0.25) is 0 Å². The number of hydrogen-bond acceptors (Lipinski definition) is 1. The van der Waals surface area contributed by atoms with E-state index in [0.29, 0.717) is 5.02 Å². The van der Waals surface area contributed by atoms with Crippen molar-refractivity contribution >= 4 is 11.6 Å². The van der Waals surface area contributed by atoms with Gasteiger partial charge in [0.05, 0.1) is 12.0 Å². The maximum atomic E-state index is 8.69. The first-order valence-electron chi connectivity index (χ1n) is 3.81. The Morgan fingerprint density at radius 3 is 2.75 bits per heavy atom. The van der Waals surface area contributed by atoms with Gasteiger partial charge < -0.3 is 0 Å². The maximum Gasteiger partial charge on any atom is 0.0701 e. The zero-order chi connectivity index (χ0) is 9.14. The van der Waals surface area contributed by atoms with Crippen LogP contribution in [0, 0.1) is 18.3 Å². The molecule has 0 saturated carbocycles. The van der Waals surface area contributed by atoms with E-state index in [1.165, 1.54) is 0 Å². The smallest absolute Gasteiger partial charge is 0.0701 e. The standard InChI is InChI=1S/C10H10ClN/c1-7-4-3-5-9(10(7)11)8(2)6-12/h3-5,8H,1-2H3. The molecule has 0 fully saturated rings. The lowest BCUT2D eigenvalue weighted by atomic mass is 10.0. The van der Waals surface area contributed by atoms with Crippen LogP contribution >= 0.6 is 11.6 Å². The third-order valence-corrected chi connectivity index (χ3v) is 2.40. The first-order valence-corrected chi connectivity index (χ1v) is 4.19. The number of nitriles is 1. The predicted octanol–water partition coefficient (Wildman–Crippen LogP) is 3.28. The Kier molecular flexibility index (Phi) is 2.73. The predicted molar refractivity (Wildman–Crippen MR) is 50.2 cm³/mol. The molecule has 0 aromatic heterocycles. The van der Waals surface area contributed by atoms with E-state index in [1.807, 2.05) is 32.0 Å². The molecule has 12 heavy (non-hydrogen) atoms. The van der Waals surface area contributed by atoms with Crippen LogP contribution in [0.5, 0.6) is 0 Å².